The molecular weight excluding hydrogens is 410 g/mol. The summed E-state index contributed by atoms with van der Waals surface area (Å²) in [4.78, 5) is 25.0. The largest absolute Gasteiger partial charge is 0.356 e. The van der Waals surface area contributed by atoms with E-state index in [1.165, 1.54) is 38.5 Å². The number of nitrogens with zero attached hydrogens (tertiary/aromatic N) is 3. The van der Waals surface area contributed by atoms with Crippen LogP contribution < -0.4 is 15.5 Å². The molecule has 2 N–H and O–H groups in total. The van der Waals surface area contributed by atoms with E-state index in [0.717, 1.165) is 73.0 Å². The monoisotopic (exact) mass is 445 g/mol. The quantitative estimate of drug-likeness (QED) is 0.620. The molecule has 1 amide bonds. The molecule has 5 fully saturated rings. The van der Waals surface area contributed by atoms with E-state index in [0.29, 0.717) is 5.95 Å². The van der Waals surface area contributed by atoms with Gasteiger partial charge < -0.3 is 15.5 Å². The van der Waals surface area contributed by atoms with Gasteiger partial charge in [0.1, 0.15) is 5.82 Å². The van der Waals surface area contributed by atoms with Crippen LogP contribution in [0, 0.1) is 30.1 Å². The van der Waals surface area contributed by atoms with E-state index in [2.05, 4.69) is 26.6 Å². The smallest absolute Gasteiger partial charge is 0.230 e. The van der Waals surface area contributed by atoms with Crippen molar-refractivity contribution < 1.29 is 4.79 Å². The van der Waals surface area contributed by atoms with Crippen molar-refractivity contribution in [2.24, 2.45) is 23.2 Å². The Morgan fingerprint density at radius 2 is 1.52 bits per heavy atom. The van der Waals surface area contributed by atoms with Crippen LogP contribution in [0.3, 0.4) is 0 Å². The maximum Gasteiger partial charge on any atom is 0.230 e. The Hall–Kier alpha value is -2.63. The van der Waals surface area contributed by atoms with Crippen molar-refractivity contribution in [3.8, 4) is 0 Å². The van der Waals surface area contributed by atoms with E-state index in [4.69, 9.17) is 4.98 Å². The Morgan fingerprint density at radius 1 is 0.909 bits per heavy atom. The highest BCUT2D eigenvalue weighted by Gasteiger charge is 2.54. The van der Waals surface area contributed by atoms with Crippen LogP contribution in [0.5, 0.6) is 0 Å². The molecule has 174 valence electrons. The normalized spacial score (nSPS) is 30.3. The van der Waals surface area contributed by atoms with Crippen molar-refractivity contribution in [1.29, 1.82) is 0 Å². The molecule has 4 aliphatic carbocycles. The SMILES string of the molecule is Cc1cc(N2CCCCC2)nc(Nc2ccc(NC(=O)C34CC5CC(CC(C5)C3)C4)cc2)n1. The highest BCUT2D eigenvalue weighted by molar-refractivity contribution is 5.95. The van der Waals surface area contributed by atoms with Crippen LogP contribution in [0.4, 0.5) is 23.1 Å². The van der Waals surface area contributed by atoms with Crippen LogP contribution in [0.1, 0.15) is 63.5 Å². The first-order valence-electron chi connectivity index (χ1n) is 12.8. The van der Waals surface area contributed by atoms with E-state index in [-0.39, 0.29) is 11.3 Å². The Morgan fingerprint density at radius 3 is 2.15 bits per heavy atom. The number of aromatic nitrogens is 2. The molecule has 0 radical (unpaired) electrons. The van der Waals surface area contributed by atoms with Gasteiger partial charge in [-0.05, 0) is 107 Å². The number of rotatable bonds is 5. The molecule has 33 heavy (non-hydrogen) atoms. The van der Waals surface area contributed by atoms with Crippen molar-refractivity contribution in [2.45, 2.75) is 64.7 Å². The molecule has 2 heterocycles. The molecule has 1 saturated heterocycles. The zero-order valence-corrected chi connectivity index (χ0v) is 19.6. The van der Waals surface area contributed by atoms with E-state index in [1.807, 2.05) is 31.2 Å². The fourth-order valence-electron chi connectivity index (χ4n) is 7.31. The summed E-state index contributed by atoms with van der Waals surface area (Å²) < 4.78 is 0. The second-order valence-corrected chi connectivity index (χ2v) is 11.1. The molecule has 7 rings (SSSR count). The van der Waals surface area contributed by atoms with Gasteiger partial charge in [0.25, 0.3) is 0 Å². The third-order valence-electron chi connectivity index (χ3n) is 8.44. The molecule has 0 spiro atoms. The summed E-state index contributed by atoms with van der Waals surface area (Å²) in [5.41, 5.74) is 2.65. The minimum absolute atomic E-state index is 0.119. The molecule has 6 nitrogen and oxygen atoms in total. The lowest BCUT2D eigenvalue weighted by Gasteiger charge is -2.55. The lowest BCUT2D eigenvalue weighted by atomic mass is 9.49. The standard InChI is InChI=1S/C27H35N5O/c1-18-11-24(32-9-3-2-4-10-32)31-26(28-18)30-23-7-5-22(6-8-23)29-25(33)27-15-19-12-20(16-27)14-21(13-19)17-27/h5-8,11,19-21H,2-4,9-10,12-17H2,1H3,(H,29,33)(H,28,30,31). The van der Waals surface area contributed by atoms with Crippen LogP contribution >= 0.6 is 0 Å². The molecule has 0 unspecified atom stereocenters. The zero-order chi connectivity index (χ0) is 22.4. The van der Waals surface area contributed by atoms with Gasteiger partial charge >= 0.3 is 0 Å². The maximum atomic E-state index is 13.3. The highest BCUT2D eigenvalue weighted by atomic mass is 16.2. The maximum absolute atomic E-state index is 13.3. The number of carbonyl (C=O) groups excluding carboxylic acids is 1. The molecule has 5 aliphatic rings. The number of hydrogen-bond acceptors (Lipinski definition) is 5. The molecule has 4 bridgehead atoms. The zero-order valence-electron chi connectivity index (χ0n) is 19.6. The van der Waals surface area contributed by atoms with Crippen LogP contribution in [0.25, 0.3) is 0 Å². The van der Waals surface area contributed by atoms with Gasteiger partial charge in [-0.25, -0.2) is 4.98 Å². The number of nitrogens with one attached hydrogen (secondary N) is 2. The number of carbonyl (C=O) groups is 1. The van der Waals surface area contributed by atoms with Crippen molar-refractivity contribution in [3.63, 3.8) is 0 Å². The summed E-state index contributed by atoms with van der Waals surface area (Å²) >= 11 is 0. The van der Waals surface area contributed by atoms with Crippen LogP contribution in [0.15, 0.2) is 30.3 Å². The number of piperidine rings is 1. The number of anilines is 4. The molecular formula is C27H35N5O. The highest BCUT2D eigenvalue weighted by Crippen LogP contribution is 2.60. The van der Waals surface area contributed by atoms with Crippen molar-refractivity contribution in [2.75, 3.05) is 28.6 Å². The third-order valence-corrected chi connectivity index (χ3v) is 8.44. The van der Waals surface area contributed by atoms with E-state index < -0.39 is 0 Å². The Labute approximate surface area is 196 Å². The molecule has 1 aromatic carbocycles. The lowest BCUT2D eigenvalue weighted by molar-refractivity contribution is -0.140. The predicted molar refractivity (Wildman–Crippen MR) is 132 cm³/mol. The summed E-state index contributed by atoms with van der Waals surface area (Å²) in [7, 11) is 0. The van der Waals surface area contributed by atoms with Crippen LogP contribution in [-0.4, -0.2) is 29.0 Å². The summed E-state index contributed by atoms with van der Waals surface area (Å²) in [6.45, 7) is 4.14. The summed E-state index contributed by atoms with van der Waals surface area (Å²) in [6.07, 6.45) is 11.1. The minimum Gasteiger partial charge on any atom is -0.356 e. The average Bonchev–Trinajstić information content (AvgIpc) is 2.80. The van der Waals surface area contributed by atoms with Gasteiger partial charge in [-0.15, -0.1) is 0 Å². The topological polar surface area (TPSA) is 70.2 Å². The van der Waals surface area contributed by atoms with Gasteiger partial charge in [-0.1, -0.05) is 0 Å². The number of hydrogen-bond donors (Lipinski definition) is 2. The fraction of sp³-hybridized carbons (Fsp3) is 0.593. The van der Waals surface area contributed by atoms with E-state index >= 15 is 0 Å². The van der Waals surface area contributed by atoms with Crippen LogP contribution in [0.2, 0.25) is 0 Å². The van der Waals surface area contributed by atoms with Crippen molar-refractivity contribution >= 4 is 29.0 Å². The third kappa shape index (κ3) is 4.20. The predicted octanol–water partition coefficient (Wildman–Crippen LogP) is 5.67. The molecule has 4 saturated carbocycles. The molecule has 1 aliphatic heterocycles. The first kappa shape index (κ1) is 20.9. The first-order valence-corrected chi connectivity index (χ1v) is 12.8. The van der Waals surface area contributed by atoms with Gasteiger partial charge in [0.2, 0.25) is 11.9 Å². The van der Waals surface area contributed by atoms with E-state index in [9.17, 15) is 4.79 Å². The Kier molecular flexibility index (Phi) is 5.27. The summed E-state index contributed by atoms with van der Waals surface area (Å²) in [5, 5.41) is 6.60. The number of amides is 1. The fourth-order valence-corrected chi connectivity index (χ4v) is 7.31. The summed E-state index contributed by atoms with van der Waals surface area (Å²) in [5.74, 6) is 4.20. The minimum atomic E-state index is -0.119. The van der Waals surface area contributed by atoms with Crippen molar-refractivity contribution in [1.82, 2.24) is 9.97 Å². The Balaban J connectivity index is 1.12. The molecule has 0 atom stereocenters. The van der Waals surface area contributed by atoms with E-state index in [1.54, 1.807) is 0 Å². The molecule has 2 aromatic rings. The van der Waals surface area contributed by atoms with Gasteiger partial charge in [0.05, 0.1) is 5.41 Å². The average molecular weight is 446 g/mol. The van der Waals surface area contributed by atoms with Gasteiger partial charge in [-0.2, -0.15) is 4.98 Å². The van der Waals surface area contributed by atoms with Gasteiger partial charge in [0.15, 0.2) is 0 Å². The first-order chi connectivity index (χ1) is 16.0. The van der Waals surface area contributed by atoms with Crippen LogP contribution in [-0.2, 0) is 4.79 Å². The molecule has 6 heteroatoms. The number of aryl methyl sites for hydroxylation is 1. The molecule has 1 aromatic heterocycles. The van der Waals surface area contributed by atoms with Gasteiger partial charge in [0, 0.05) is 36.2 Å². The second-order valence-electron chi connectivity index (χ2n) is 11.1. The second kappa shape index (κ2) is 8.30. The Bertz CT molecular complexity index is 992. The lowest BCUT2D eigenvalue weighted by Crippen LogP contribution is -2.51. The van der Waals surface area contributed by atoms with Crippen molar-refractivity contribution in [3.05, 3.63) is 36.0 Å². The number of benzene rings is 1. The van der Waals surface area contributed by atoms with Gasteiger partial charge in [-0.3, -0.25) is 4.79 Å². The summed E-state index contributed by atoms with van der Waals surface area (Å²) in [6, 6.07) is 10.0.